The lowest BCUT2D eigenvalue weighted by Crippen LogP contribution is -2.29. The van der Waals surface area contributed by atoms with E-state index in [-0.39, 0.29) is 6.10 Å². The van der Waals surface area contributed by atoms with Crippen molar-refractivity contribution < 1.29 is 15.0 Å². The molecule has 0 saturated carbocycles. The third-order valence-electron chi connectivity index (χ3n) is 2.34. The summed E-state index contributed by atoms with van der Waals surface area (Å²) in [6.45, 7) is 1.95. The Morgan fingerprint density at radius 3 is 2.36 bits per heavy atom. The Labute approximate surface area is 85.1 Å². The van der Waals surface area contributed by atoms with Gasteiger partial charge in [0.15, 0.2) is 0 Å². The van der Waals surface area contributed by atoms with Crippen LogP contribution in [0.15, 0.2) is 0 Å². The molecule has 4 N–H and O–H groups in total. The Morgan fingerprint density at radius 2 is 1.86 bits per heavy atom. The second-order valence-corrected chi connectivity index (χ2v) is 3.64. The Bertz CT molecular complexity index is 161. The molecule has 0 saturated heterocycles. The highest BCUT2D eigenvalue weighted by molar-refractivity contribution is 5.72. The van der Waals surface area contributed by atoms with E-state index in [2.05, 4.69) is 0 Å². The molecule has 0 rings (SSSR count). The van der Waals surface area contributed by atoms with Gasteiger partial charge in [-0.1, -0.05) is 26.2 Å². The van der Waals surface area contributed by atoms with Gasteiger partial charge in [0.1, 0.15) is 6.04 Å². The molecule has 0 aliphatic carbocycles. The Balaban J connectivity index is 3.25. The van der Waals surface area contributed by atoms with Gasteiger partial charge in [-0.15, -0.1) is 0 Å². The minimum atomic E-state index is -0.932. The highest BCUT2D eigenvalue weighted by atomic mass is 16.4. The summed E-state index contributed by atoms with van der Waals surface area (Å²) in [6.07, 6.45) is 4.62. The van der Waals surface area contributed by atoms with Crippen molar-refractivity contribution in [2.45, 2.75) is 57.6 Å². The Morgan fingerprint density at radius 1 is 1.29 bits per heavy atom. The molecule has 4 heteroatoms. The number of hydrogen-bond donors (Lipinski definition) is 3. The molecular weight excluding hydrogens is 182 g/mol. The van der Waals surface area contributed by atoms with Gasteiger partial charge in [-0.2, -0.15) is 0 Å². The molecular formula is C10H21NO3. The van der Waals surface area contributed by atoms with E-state index < -0.39 is 12.0 Å². The first-order valence-corrected chi connectivity index (χ1v) is 5.24. The summed E-state index contributed by atoms with van der Waals surface area (Å²) in [5, 5.41) is 17.7. The van der Waals surface area contributed by atoms with Crippen molar-refractivity contribution in [2.24, 2.45) is 5.73 Å². The first-order chi connectivity index (χ1) is 6.57. The second-order valence-electron chi connectivity index (χ2n) is 3.64. The summed E-state index contributed by atoms with van der Waals surface area (Å²) in [5.74, 6) is -0.932. The quantitative estimate of drug-likeness (QED) is 0.516. The molecule has 0 aliphatic heterocycles. The molecule has 1 unspecified atom stereocenters. The van der Waals surface area contributed by atoms with E-state index in [1.54, 1.807) is 0 Å². The SMILES string of the molecule is CCC(O)CCCCC[C@H](N)C(=O)O. The van der Waals surface area contributed by atoms with Crippen LogP contribution in [0.2, 0.25) is 0 Å². The maximum atomic E-state index is 10.4. The predicted molar refractivity (Wildman–Crippen MR) is 55.0 cm³/mol. The van der Waals surface area contributed by atoms with Crippen molar-refractivity contribution in [2.75, 3.05) is 0 Å². The zero-order valence-electron chi connectivity index (χ0n) is 8.78. The summed E-state index contributed by atoms with van der Waals surface area (Å²) in [5.41, 5.74) is 5.34. The topological polar surface area (TPSA) is 83.5 Å². The van der Waals surface area contributed by atoms with Gasteiger partial charge < -0.3 is 15.9 Å². The third-order valence-corrected chi connectivity index (χ3v) is 2.34. The van der Waals surface area contributed by atoms with Crippen LogP contribution >= 0.6 is 0 Å². The predicted octanol–water partition coefficient (Wildman–Crippen LogP) is 1.12. The molecule has 0 aromatic rings. The van der Waals surface area contributed by atoms with Gasteiger partial charge in [0.25, 0.3) is 0 Å². The van der Waals surface area contributed by atoms with E-state index >= 15 is 0 Å². The van der Waals surface area contributed by atoms with Crippen LogP contribution in [0, 0.1) is 0 Å². The van der Waals surface area contributed by atoms with Crippen LogP contribution in [0.5, 0.6) is 0 Å². The van der Waals surface area contributed by atoms with Crippen molar-refractivity contribution in [1.29, 1.82) is 0 Å². The fourth-order valence-electron chi connectivity index (χ4n) is 1.25. The fourth-order valence-corrected chi connectivity index (χ4v) is 1.25. The molecule has 0 heterocycles. The second kappa shape index (κ2) is 7.76. The van der Waals surface area contributed by atoms with Crippen LogP contribution in [0.4, 0.5) is 0 Å². The number of carbonyl (C=O) groups is 1. The molecule has 0 spiro atoms. The standard InChI is InChI=1S/C10H21NO3/c1-2-8(12)6-4-3-5-7-9(11)10(13)14/h8-9,12H,2-7,11H2,1H3,(H,13,14)/t8?,9-/m0/s1. The van der Waals surface area contributed by atoms with Crippen molar-refractivity contribution in [3.8, 4) is 0 Å². The zero-order chi connectivity index (χ0) is 11.0. The molecule has 2 atom stereocenters. The third kappa shape index (κ3) is 6.86. The highest BCUT2D eigenvalue weighted by Crippen LogP contribution is 2.08. The van der Waals surface area contributed by atoms with Gasteiger partial charge in [0.05, 0.1) is 6.10 Å². The van der Waals surface area contributed by atoms with Crippen LogP contribution in [0.3, 0.4) is 0 Å². The normalized spacial score (nSPS) is 15.1. The van der Waals surface area contributed by atoms with Gasteiger partial charge in [-0.3, -0.25) is 4.79 Å². The van der Waals surface area contributed by atoms with Crippen LogP contribution < -0.4 is 5.73 Å². The molecule has 0 fully saturated rings. The Kier molecular flexibility index (Phi) is 7.42. The van der Waals surface area contributed by atoms with Crippen LogP contribution in [0.1, 0.15) is 45.4 Å². The molecule has 0 aromatic heterocycles. The maximum absolute atomic E-state index is 10.4. The number of carboxylic acid groups (broad SMARTS) is 1. The van der Waals surface area contributed by atoms with E-state index in [4.69, 9.17) is 10.8 Å². The summed E-state index contributed by atoms with van der Waals surface area (Å²) < 4.78 is 0. The zero-order valence-corrected chi connectivity index (χ0v) is 8.78. The van der Waals surface area contributed by atoms with Gasteiger partial charge in [-0.05, 0) is 19.3 Å². The van der Waals surface area contributed by atoms with Gasteiger partial charge in [0.2, 0.25) is 0 Å². The van der Waals surface area contributed by atoms with E-state index in [1.807, 2.05) is 6.92 Å². The number of unbranched alkanes of at least 4 members (excludes halogenated alkanes) is 2. The number of nitrogens with two attached hydrogens (primary N) is 1. The number of aliphatic hydroxyl groups excluding tert-OH is 1. The number of hydrogen-bond acceptors (Lipinski definition) is 3. The van der Waals surface area contributed by atoms with E-state index in [9.17, 15) is 9.90 Å². The van der Waals surface area contributed by atoms with Gasteiger partial charge in [0, 0.05) is 0 Å². The molecule has 0 radical (unpaired) electrons. The van der Waals surface area contributed by atoms with E-state index in [0.29, 0.717) is 6.42 Å². The van der Waals surface area contributed by atoms with Crippen molar-refractivity contribution >= 4 is 5.97 Å². The van der Waals surface area contributed by atoms with Crippen molar-refractivity contribution in [3.05, 3.63) is 0 Å². The minimum Gasteiger partial charge on any atom is -0.480 e. The Hall–Kier alpha value is -0.610. The lowest BCUT2D eigenvalue weighted by Gasteiger charge is -2.08. The maximum Gasteiger partial charge on any atom is 0.320 e. The fraction of sp³-hybridized carbons (Fsp3) is 0.900. The van der Waals surface area contributed by atoms with Gasteiger partial charge in [-0.25, -0.2) is 0 Å². The molecule has 0 bridgehead atoms. The van der Waals surface area contributed by atoms with Crippen LogP contribution in [-0.2, 0) is 4.79 Å². The number of aliphatic hydroxyl groups is 1. The molecule has 0 amide bonds. The first-order valence-electron chi connectivity index (χ1n) is 5.24. The average molecular weight is 203 g/mol. The average Bonchev–Trinajstić information content (AvgIpc) is 2.16. The molecule has 14 heavy (non-hydrogen) atoms. The van der Waals surface area contributed by atoms with E-state index in [0.717, 1.165) is 32.1 Å². The van der Waals surface area contributed by atoms with Crippen LogP contribution in [-0.4, -0.2) is 28.3 Å². The first kappa shape index (κ1) is 13.4. The molecule has 4 nitrogen and oxygen atoms in total. The number of rotatable bonds is 8. The number of aliphatic carboxylic acids is 1. The molecule has 0 aliphatic rings. The summed E-state index contributed by atoms with van der Waals surface area (Å²) in [7, 11) is 0. The monoisotopic (exact) mass is 203 g/mol. The lowest BCUT2D eigenvalue weighted by atomic mass is 10.1. The van der Waals surface area contributed by atoms with Gasteiger partial charge >= 0.3 is 5.97 Å². The van der Waals surface area contributed by atoms with E-state index in [1.165, 1.54) is 0 Å². The summed E-state index contributed by atoms with van der Waals surface area (Å²) >= 11 is 0. The summed E-state index contributed by atoms with van der Waals surface area (Å²) in [4.78, 5) is 10.4. The van der Waals surface area contributed by atoms with Crippen molar-refractivity contribution in [3.63, 3.8) is 0 Å². The number of carboxylic acids is 1. The lowest BCUT2D eigenvalue weighted by molar-refractivity contribution is -0.138. The summed E-state index contributed by atoms with van der Waals surface area (Å²) in [6, 6.07) is -0.730. The van der Waals surface area contributed by atoms with Crippen LogP contribution in [0.25, 0.3) is 0 Å². The minimum absolute atomic E-state index is 0.205. The highest BCUT2D eigenvalue weighted by Gasteiger charge is 2.10. The molecule has 84 valence electrons. The van der Waals surface area contributed by atoms with Crippen molar-refractivity contribution in [1.82, 2.24) is 0 Å². The molecule has 0 aromatic carbocycles. The smallest absolute Gasteiger partial charge is 0.320 e. The largest absolute Gasteiger partial charge is 0.480 e.